The van der Waals surface area contributed by atoms with Gasteiger partial charge in [0.15, 0.2) is 0 Å². The zero-order chi connectivity index (χ0) is 9.19. The van der Waals surface area contributed by atoms with Crippen LogP contribution in [0.5, 0.6) is 5.75 Å². The molecular weight excluding hydrogens is 188 g/mol. The average molecular weight is 197 g/mol. The van der Waals surface area contributed by atoms with Crippen LogP contribution in [0.25, 0.3) is 0 Å². The molecule has 0 saturated heterocycles. The SMILES string of the molecule is Nc1cccc(OP(=O)(O)O)c1.[LiH]. The Kier molecular flexibility index (Phi) is 4.55. The van der Waals surface area contributed by atoms with Gasteiger partial charge < -0.3 is 10.3 Å². The molecule has 0 aliphatic heterocycles. The first-order valence-corrected chi connectivity index (χ1v) is 4.61. The molecule has 5 nitrogen and oxygen atoms in total. The van der Waals surface area contributed by atoms with E-state index in [0.29, 0.717) is 5.69 Å². The van der Waals surface area contributed by atoms with Gasteiger partial charge in [0.2, 0.25) is 0 Å². The number of rotatable bonds is 2. The molecule has 0 atom stereocenters. The molecule has 0 bridgehead atoms. The van der Waals surface area contributed by atoms with Crippen molar-refractivity contribution in [1.29, 1.82) is 0 Å². The van der Waals surface area contributed by atoms with E-state index in [0.717, 1.165) is 0 Å². The fourth-order valence-corrected chi connectivity index (χ4v) is 1.10. The van der Waals surface area contributed by atoms with Gasteiger partial charge >= 0.3 is 26.7 Å². The van der Waals surface area contributed by atoms with Crippen molar-refractivity contribution in [2.45, 2.75) is 0 Å². The third-order valence-corrected chi connectivity index (χ3v) is 1.53. The van der Waals surface area contributed by atoms with Gasteiger partial charge in [0.1, 0.15) is 5.75 Å². The number of hydrogen-bond acceptors (Lipinski definition) is 3. The second kappa shape index (κ2) is 4.71. The van der Waals surface area contributed by atoms with E-state index in [9.17, 15) is 4.57 Å². The van der Waals surface area contributed by atoms with E-state index in [2.05, 4.69) is 4.52 Å². The molecule has 0 amide bonds. The van der Waals surface area contributed by atoms with Gasteiger partial charge in [-0.25, -0.2) is 4.57 Å². The number of benzene rings is 1. The number of hydrogen-bond donors (Lipinski definition) is 3. The minimum absolute atomic E-state index is 0. The van der Waals surface area contributed by atoms with Gasteiger partial charge in [-0.05, 0) is 12.1 Å². The summed E-state index contributed by atoms with van der Waals surface area (Å²) in [7, 11) is -4.46. The summed E-state index contributed by atoms with van der Waals surface area (Å²) in [6.45, 7) is 0. The van der Waals surface area contributed by atoms with Gasteiger partial charge in [-0.3, -0.25) is 9.79 Å². The summed E-state index contributed by atoms with van der Waals surface area (Å²) in [5.41, 5.74) is 5.73. The molecule has 0 spiro atoms. The fourth-order valence-electron chi connectivity index (χ4n) is 0.709. The van der Waals surface area contributed by atoms with Crippen LogP contribution in [0.2, 0.25) is 0 Å². The fraction of sp³-hybridized carbons (Fsp3) is 0. The first-order valence-electron chi connectivity index (χ1n) is 3.08. The molecule has 1 aromatic carbocycles. The van der Waals surface area contributed by atoms with Crippen molar-refractivity contribution in [3.8, 4) is 5.75 Å². The van der Waals surface area contributed by atoms with Crippen LogP contribution in [0.3, 0.4) is 0 Å². The Morgan fingerprint density at radius 2 is 2.00 bits per heavy atom. The third kappa shape index (κ3) is 4.99. The van der Waals surface area contributed by atoms with Crippen molar-refractivity contribution in [1.82, 2.24) is 0 Å². The Balaban J connectivity index is 0.00000144. The minimum atomic E-state index is -4.46. The van der Waals surface area contributed by atoms with Crippen molar-refractivity contribution in [2.75, 3.05) is 5.73 Å². The van der Waals surface area contributed by atoms with E-state index in [-0.39, 0.29) is 24.6 Å². The molecule has 4 N–H and O–H groups in total. The molecule has 0 heterocycles. The summed E-state index contributed by atoms with van der Waals surface area (Å²) in [6.07, 6.45) is 0. The van der Waals surface area contributed by atoms with Crippen LogP contribution in [-0.2, 0) is 4.57 Å². The van der Waals surface area contributed by atoms with Crippen LogP contribution in [-0.4, -0.2) is 28.6 Å². The van der Waals surface area contributed by atoms with Crippen LogP contribution in [0, 0.1) is 0 Å². The van der Waals surface area contributed by atoms with E-state index in [1.165, 1.54) is 12.1 Å². The quantitative estimate of drug-likeness (QED) is 0.355. The summed E-state index contributed by atoms with van der Waals surface area (Å²) in [5.74, 6) is 0.0586. The van der Waals surface area contributed by atoms with Crippen LogP contribution in [0.1, 0.15) is 0 Å². The number of phosphoric acid groups is 1. The Morgan fingerprint density at radius 3 is 2.46 bits per heavy atom. The monoisotopic (exact) mass is 197 g/mol. The van der Waals surface area contributed by atoms with Crippen LogP contribution in [0.4, 0.5) is 5.69 Å². The van der Waals surface area contributed by atoms with E-state index in [4.69, 9.17) is 15.5 Å². The van der Waals surface area contributed by atoms with Crippen molar-refractivity contribution < 1.29 is 18.9 Å². The molecule has 1 aromatic rings. The van der Waals surface area contributed by atoms with Gasteiger partial charge in [-0.1, -0.05) is 6.07 Å². The molecule has 0 unspecified atom stereocenters. The second-order valence-electron chi connectivity index (χ2n) is 2.15. The molecule has 0 radical (unpaired) electrons. The number of anilines is 1. The Morgan fingerprint density at radius 1 is 1.38 bits per heavy atom. The van der Waals surface area contributed by atoms with Gasteiger partial charge in [0, 0.05) is 11.8 Å². The normalized spacial score (nSPS) is 10.3. The summed E-state index contributed by atoms with van der Waals surface area (Å²) in [4.78, 5) is 16.8. The van der Waals surface area contributed by atoms with E-state index in [1.54, 1.807) is 12.1 Å². The molecule has 0 aromatic heterocycles. The summed E-state index contributed by atoms with van der Waals surface area (Å²) >= 11 is 0. The van der Waals surface area contributed by atoms with E-state index < -0.39 is 7.82 Å². The van der Waals surface area contributed by atoms with Gasteiger partial charge in [0.05, 0.1) is 0 Å². The third-order valence-electron chi connectivity index (χ3n) is 1.08. The zero-order valence-corrected chi connectivity index (χ0v) is 6.94. The number of nitrogens with two attached hydrogens (primary N) is 1. The molecule has 13 heavy (non-hydrogen) atoms. The topological polar surface area (TPSA) is 92.8 Å². The molecule has 0 saturated carbocycles. The van der Waals surface area contributed by atoms with Crippen molar-refractivity contribution in [3.05, 3.63) is 24.3 Å². The summed E-state index contributed by atoms with van der Waals surface area (Å²) < 4.78 is 14.6. The predicted octanol–water partition coefficient (Wildman–Crippen LogP) is 0.0918. The first kappa shape index (κ1) is 12.6. The molecular formula is C6H9LiNO4P. The maximum atomic E-state index is 10.3. The van der Waals surface area contributed by atoms with Gasteiger partial charge in [0.25, 0.3) is 0 Å². The standard InChI is InChI=1S/C6H8NO4P.Li.H/c7-5-2-1-3-6(4-5)11-12(8,9)10;;/h1-4H,7H2,(H2,8,9,10);;. The number of nitrogen functional groups attached to an aromatic ring is 1. The average Bonchev–Trinajstić information content (AvgIpc) is 1.82. The van der Waals surface area contributed by atoms with Crippen LogP contribution < -0.4 is 10.3 Å². The maximum absolute atomic E-state index is 10.3. The predicted molar refractivity (Wildman–Crippen MR) is 50.7 cm³/mol. The van der Waals surface area contributed by atoms with E-state index in [1.807, 2.05) is 0 Å². The molecule has 0 aliphatic carbocycles. The zero-order valence-electron chi connectivity index (χ0n) is 6.04. The van der Waals surface area contributed by atoms with E-state index >= 15 is 0 Å². The molecule has 7 heteroatoms. The van der Waals surface area contributed by atoms with Crippen LogP contribution in [0.15, 0.2) is 24.3 Å². The summed E-state index contributed by atoms with van der Waals surface area (Å²) in [6, 6.07) is 5.88. The van der Waals surface area contributed by atoms with Crippen molar-refractivity contribution >= 4 is 32.4 Å². The van der Waals surface area contributed by atoms with Crippen LogP contribution >= 0.6 is 7.82 Å². The molecule has 1 rings (SSSR count). The Hall–Kier alpha value is -0.433. The Labute approximate surface area is 87.3 Å². The summed E-state index contributed by atoms with van der Waals surface area (Å²) in [5, 5.41) is 0. The molecule has 0 fully saturated rings. The molecule has 68 valence electrons. The first-order chi connectivity index (χ1) is 5.47. The van der Waals surface area contributed by atoms with Crippen molar-refractivity contribution in [3.63, 3.8) is 0 Å². The second-order valence-corrected chi connectivity index (χ2v) is 3.32. The molecule has 0 aliphatic rings. The number of phosphoric ester groups is 1. The van der Waals surface area contributed by atoms with Crippen molar-refractivity contribution in [2.24, 2.45) is 0 Å². The Bertz CT molecular complexity index is 326. The van der Waals surface area contributed by atoms with Gasteiger partial charge in [-0.15, -0.1) is 0 Å². The van der Waals surface area contributed by atoms with Gasteiger partial charge in [-0.2, -0.15) is 0 Å².